The van der Waals surface area contributed by atoms with E-state index >= 15 is 0 Å². The number of rotatable bonds is 2. The lowest BCUT2D eigenvalue weighted by atomic mass is 10.2. The molecule has 1 atom stereocenters. The van der Waals surface area contributed by atoms with Crippen LogP contribution in [0.4, 0.5) is 0 Å². The van der Waals surface area contributed by atoms with Crippen molar-refractivity contribution in [3.05, 3.63) is 35.9 Å². The van der Waals surface area contributed by atoms with Crippen LogP contribution in [0.15, 0.2) is 34.7 Å². The van der Waals surface area contributed by atoms with Gasteiger partial charge in [-0.05, 0) is 26.3 Å². The van der Waals surface area contributed by atoms with Crippen LogP contribution in [0.2, 0.25) is 0 Å². The SMILES string of the molecule is [2H]/C(=N\S(=O)C(C)(C)C)c1ccccc1. The largest absolute Gasteiger partial charge is 0.234 e. The standard InChI is InChI=1S/C11H15NOS/c1-11(2,3)14(13)12-9-10-7-5-4-6-8-10/h4-9H,1-3H3/b12-9+/i9D. The van der Waals surface area contributed by atoms with E-state index in [1.807, 2.05) is 39.0 Å². The molecule has 14 heavy (non-hydrogen) atoms. The molecule has 1 aromatic rings. The molecule has 1 unspecified atom stereocenters. The molecule has 0 saturated carbocycles. The van der Waals surface area contributed by atoms with Gasteiger partial charge in [0, 0.05) is 6.19 Å². The van der Waals surface area contributed by atoms with Crippen molar-refractivity contribution in [2.24, 2.45) is 4.40 Å². The fourth-order valence-corrected chi connectivity index (χ4v) is 1.21. The minimum Gasteiger partial charge on any atom is -0.234 e. The van der Waals surface area contributed by atoms with Crippen LogP contribution in [-0.4, -0.2) is 15.1 Å². The monoisotopic (exact) mass is 210 g/mol. The van der Waals surface area contributed by atoms with Gasteiger partial charge in [0.15, 0.2) is 0 Å². The number of benzene rings is 1. The predicted octanol–water partition coefficient (Wildman–Crippen LogP) is 2.57. The number of hydrogen-bond donors (Lipinski definition) is 0. The molecule has 0 amide bonds. The maximum Gasteiger partial charge on any atom is 0.144 e. The molecule has 0 spiro atoms. The van der Waals surface area contributed by atoms with Crippen LogP contribution in [0.3, 0.4) is 0 Å². The van der Waals surface area contributed by atoms with Crippen LogP contribution in [0, 0.1) is 0 Å². The Morgan fingerprint density at radius 2 is 1.93 bits per heavy atom. The lowest BCUT2D eigenvalue weighted by Crippen LogP contribution is -2.19. The summed E-state index contributed by atoms with van der Waals surface area (Å²) in [5.74, 6) is 0. The quantitative estimate of drug-likeness (QED) is 0.690. The first kappa shape index (κ1) is 9.59. The van der Waals surface area contributed by atoms with Gasteiger partial charge >= 0.3 is 0 Å². The van der Waals surface area contributed by atoms with Crippen molar-refractivity contribution in [3.8, 4) is 0 Å². The van der Waals surface area contributed by atoms with E-state index in [2.05, 4.69) is 4.40 Å². The van der Waals surface area contributed by atoms with E-state index in [0.29, 0.717) is 5.56 Å². The summed E-state index contributed by atoms with van der Waals surface area (Å²) in [5, 5.41) is 0. The van der Waals surface area contributed by atoms with Crippen LogP contribution >= 0.6 is 0 Å². The summed E-state index contributed by atoms with van der Waals surface area (Å²) < 4.78 is 22.8. The van der Waals surface area contributed by atoms with E-state index in [1.165, 1.54) is 0 Å². The summed E-state index contributed by atoms with van der Waals surface area (Å²) in [5.41, 5.74) is 0.690. The molecule has 0 aromatic heterocycles. The van der Waals surface area contributed by atoms with E-state index in [4.69, 9.17) is 1.37 Å². The summed E-state index contributed by atoms with van der Waals surface area (Å²) in [6.45, 7) is 5.51. The molecule has 0 N–H and O–H groups in total. The lowest BCUT2D eigenvalue weighted by molar-refractivity contribution is 0.651. The van der Waals surface area contributed by atoms with Crippen molar-refractivity contribution in [2.45, 2.75) is 25.5 Å². The predicted molar refractivity (Wildman–Crippen MR) is 61.9 cm³/mol. The van der Waals surface area contributed by atoms with Crippen LogP contribution < -0.4 is 0 Å². The number of hydrogen-bond acceptors (Lipinski definition) is 1. The van der Waals surface area contributed by atoms with E-state index in [0.717, 1.165) is 0 Å². The third-order valence-electron chi connectivity index (χ3n) is 1.56. The summed E-state index contributed by atoms with van der Waals surface area (Å²) in [4.78, 5) is 0. The number of nitrogens with zero attached hydrogens (tertiary/aromatic N) is 1. The zero-order valence-electron chi connectivity index (χ0n) is 9.65. The van der Waals surface area contributed by atoms with E-state index in [9.17, 15) is 4.21 Å². The highest BCUT2D eigenvalue weighted by Gasteiger charge is 2.17. The topological polar surface area (TPSA) is 29.4 Å². The van der Waals surface area contributed by atoms with Crippen LogP contribution in [0.25, 0.3) is 0 Å². The summed E-state index contributed by atoms with van der Waals surface area (Å²) >= 11 is 0. The second-order valence-corrected chi connectivity index (χ2v) is 5.84. The maximum absolute atomic E-state index is 11.7. The van der Waals surface area contributed by atoms with Gasteiger partial charge in [0.2, 0.25) is 0 Å². The molecule has 1 rings (SSSR count). The highest BCUT2D eigenvalue weighted by atomic mass is 32.2. The lowest BCUT2D eigenvalue weighted by Gasteiger charge is -2.12. The van der Waals surface area contributed by atoms with Gasteiger partial charge in [-0.2, -0.15) is 4.40 Å². The van der Waals surface area contributed by atoms with Gasteiger partial charge < -0.3 is 0 Å². The van der Waals surface area contributed by atoms with Crippen LogP contribution in [0.5, 0.6) is 0 Å². The molecule has 0 aliphatic carbocycles. The van der Waals surface area contributed by atoms with Crippen molar-refractivity contribution in [1.82, 2.24) is 0 Å². The van der Waals surface area contributed by atoms with Crippen molar-refractivity contribution in [3.63, 3.8) is 0 Å². The maximum atomic E-state index is 11.7. The molecule has 2 nitrogen and oxygen atoms in total. The highest BCUT2D eigenvalue weighted by molar-refractivity contribution is 7.85. The second kappa shape index (κ2) is 4.51. The molecule has 0 bridgehead atoms. The average molecular weight is 210 g/mol. The smallest absolute Gasteiger partial charge is 0.144 e. The van der Waals surface area contributed by atoms with E-state index < -0.39 is 15.7 Å². The Balaban J connectivity index is 2.91. The van der Waals surface area contributed by atoms with Gasteiger partial charge in [-0.15, -0.1) is 0 Å². The Morgan fingerprint density at radius 1 is 1.36 bits per heavy atom. The van der Waals surface area contributed by atoms with Gasteiger partial charge in [0.25, 0.3) is 0 Å². The molecule has 0 saturated heterocycles. The van der Waals surface area contributed by atoms with Gasteiger partial charge in [0.1, 0.15) is 11.0 Å². The van der Waals surface area contributed by atoms with Crippen molar-refractivity contribution in [2.75, 3.05) is 0 Å². The molecule has 0 heterocycles. The zero-order valence-corrected chi connectivity index (χ0v) is 9.47. The van der Waals surface area contributed by atoms with Gasteiger partial charge in [0.05, 0.1) is 6.12 Å². The van der Waals surface area contributed by atoms with Crippen molar-refractivity contribution in [1.29, 1.82) is 0 Å². The van der Waals surface area contributed by atoms with Crippen molar-refractivity contribution < 1.29 is 5.58 Å². The third kappa shape index (κ3) is 3.42. The van der Waals surface area contributed by atoms with E-state index in [1.54, 1.807) is 12.1 Å². The Bertz CT molecular complexity index is 381. The fraction of sp³-hybridized carbons (Fsp3) is 0.364. The Morgan fingerprint density at radius 3 is 2.43 bits per heavy atom. The van der Waals surface area contributed by atoms with Gasteiger partial charge in [-0.1, -0.05) is 30.3 Å². The molecule has 1 aromatic carbocycles. The first-order chi connectivity index (χ1) is 6.91. The Labute approximate surface area is 89.1 Å². The van der Waals surface area contributed by atoms with Crippen LogP contribution in [-0.2, 0) is 11.0 Å². The molecule has 76 valence electrons. The average Bonchev–Trinajstić information content (AvgIpc) is 2.17. The Kier molecular flexibility index (Phi) is 3.09. The molecular formula is C11H15NOS. The van der Waals surface area contributed by atoms with Crippen molar-refractivity contribution >= 4 is 17.2 Å². The normalized spacial score (nSPS) is 16.2. The molecule has 0 radical (unpaired) electrons. The Hall–Kier alpha value is -0.960. The molecule has 0 fully saturated rings. The zero-order chi connectivity index (χ0) is 11.5. The first-order valence-electron chi connectivity index (χ1n) is 4.94. The molecular weight excluding hydrogens is 194 g/mol. The second-order valence-electron chi connectivity index (χ2n) is 3.93. The van der Waals surface area contributed by atoms with Crippen LogP contribution in [0.1, 0.15) is 27.7 Å². The molecule has 0 aliphatic heterocycles. The summed E-state index contributed by atoms with van der Waals surface area (Å²) in [6.07, 6.45) is 0.0730. The molecule has 3 heteroatoms. The van der Waals surface area contributed by atoms with Gasteiger partial charge in [-0.3, -0.25) is 0 Å². The molecule has 0 aliphatic rings. The third-order valence-corrected chi connectivity index (χ3v) is 2.86. The summed E-state index contributed by atoms with van der Waals surface area (Å²) in [6, 6.07) is 9.10. The van der Waals surface area contributed by atoms with Gasteiger partial charge in [-0.25, -0.2) is 4.21 Å². The fourth-order valence-electron chi connectivity index (χ4n) is 0.744. The first-order valence-corrected chi connectivity index (χ1v) is 5.54. The minimum absolute atomic E-state index is 0.0730. The minimum atomic E-state index is -1.37. The summed E-state index contributed by atoms with van der Waals surface area (Å²) in [7, 11) is -1.37. The van der Waals surface area contributed by atoms with E-state index in [-0.39, 0.29) is 6.19 Å². The highest BCUT2D eigenvalue weighted by Crippen LogP contribution is 2.11.